The van der Waals surface area contributed by atoms with Gasteiger partial charge in [-0.2, -0.15) is 4.98 Å². The van der Waals surface area contributed by atoms with E-state index >= 15 is 0 Å². The molecule has 0 spiro atoms. The van der Waals surface area contributed by atoms with Crippen LogP contribution in [-0.2, 0) is 12.8 Å². The lowest BCUT2D eigenvalue weighted by molar-refractivity contribution is 0.391. The maximum Gasteiger partial charge on any atom is 0.237 e. The number of hydrogen-bond acceptors (Lipinski definition) is 7. The monoisotopic (exact) mass is 322 g/mol. The number of anilines is 1. The van der Waals surface area contributed by atoms with Crippen LogP contribution in [0.25, 0.3) is 11.4 Å². The standard InChI is InChI=1S/C12H11ClN6OS/c1-19-11(14)16-17-12(19)21-6-9-15-10(18-20-9)7-2-4-8(13)5-3-7/h2-5H,6H2,1H3,(H2,14,16). The molecule has 9 heteroatoms. The molecule has 2 aromatic heterocycles. The fraction of sp³-hybridized carbons (Fsp3) is 0.167. The largest absolute Gasteiger partial charge is 0.368 e. The molecule has 3 aromatic rings. The molecule has 0 saturated heterocycles. The number of halogens is 1. The molecular formula is C12H11ClN6OS. The van der Waals surface area contributed by atoms with Crippen molar-refractivity contribution in [1.29, 1.82) is 0 Å². The van der Waals surface area contributed by atoms with E-state index in [9.17, 15) is 0 Å². The molecule has 2 N–H and O–H groups in total. The summed E-state index contributed by atoms with van der Waals surface area (Å²) in [5.41, 5.74) is 6.47. The van der Waals surface area contributed by atoms with E-state index < -0.39 is 0 Å². The van der Waals surface area contributed by atoms with Crippen LogP contribution in [0.4, 0.5) is 5.95 Å². The average Bonchev–Trinajstić information content (AvgIpc) is 3.07. The van der Waals surface area contributed by atoms with Crippen LogP contribution >= 0.6 is 23.4 Å². The molecule has 3 rings (SSSR count). The molecule has 108 valence electrons. The molecule has 1 aromatic carbocycles. The summed E-state index contributed by atoms with van der Waals surface area (Å²) in [4.78, 5) is 4.33. The molecule has 0 saturated carbocycles. The molecule has 21 heavy (non-hydrogen) atoms. The minimum atomic E-state index is 0.366. The molecular weight excluding hydrogens is 312 g/mol. The second-order valence-corrected chi connectivity index (χ2v) is 5.59. The number of benzene rings is 1. The lowest BCUT2D eigenvalue weighted by Gasteiger charge is -1.97. The highest BCUT2D eigenvalue weighted by molar-refractivity contribution is 7.98. The third kappa shape index (κ3) is 3.01. The zero-order chi connectivity index (χ0) is 14.8. The zero-order valence-corrected chi connectivity index (χ0v) is 12.6. The molecule has 7 nitrogen and oxygen atoms in total. The van der Waals surface area contributed by atoms with Crippen molar-refractivity contribution in [2.24, 2.45) is 7.05 Å². The Kier molecular flexibility index (Phi) is 3.80. The lowest BCUT2D eigenvalue weighted by Crippen LogP contribution is -1.98. The SMILES string of the molecule is Cn1c(N)nnc1SCc1nc(-c2ccc(Cl)cc2)no1. The number of nitrogens with zero attached hydrogens (tertiary/aromatic N) is 5. The van der Waals surface area contributed by atoms with Gasteiger partial charge in [-0.25, -0.2) is 0 Å². The van der Waals surface area contributed by atoms with Gasteiger partial charge < -0.3 is 10.3 Å². The summed E-state index contributed by atoms with van der Waals surface area (Å²) in [6.07, 6.45) is 0. The number of hydrogen-bond donors (Lipinski definition) is 1. The van der Waals surface area contributed by atoms with E-state index in [1.165, 1.54) is 11.8 Å². The predicted octanol–water partition coefficient (Wildman–Crippen LogP) is 2.39. The number of rotatable bonds is 4. The summed E-state index contributed by atoms with van der Waals surface area (Å²) in [6, 6.07) is 7.25. The molecule has 0 aliphatic carbocycles. The smallest absolute Gasteiger partial charge is 0.237 e. The van der Waals surface area contributed by atoms with Crippen LogP contribution in [0.15, 0.2) is 33.9 Å². The van der Waals surface area contributed by atoms with E-state index in [0.717, 1.165) is 5.56 Å². The summed E-state index contributed by atoms with van der Waals surface area (Å²) in [5.74, 6) is 1.89. The van der Waals surface area contributed by atoms with Crippen molar-refractivity contribution in [2.75, 3.05) is 5.73 Å². The molecule has 0 amide bonds. The van der Waals surface area contributed by atoms with E-state index in [4.69, 9.17) is 21.9 Å². The number of aromatic nitrogens is 5. The molecule has 0 bridgehead atoms. The summed E-state index contributed by atoms with van der Waals surface area (Å²) in [7, 11) is 1.80. The van der Waals surface area contributed by atoms with Crippen molar-refractivity contribution >= 4 is 29.3 Å². The highest BCUT2D eigenvalue weighted by atomic mass is 35.5. The quantitative estimate of drug-likeness (QED) is 0.737. The fourth-order valence-electron chi connectivity index (χ4n) is 1.61. The zero-order valence-electron chi connectivity index (χ0n) is 11.0. The first-order valence-corrected chi connectivity index (χ1v) is 7.36. The Bertz CT molecular complexity index is 753. The molecule has 0 atom stereocenters. The summed E-state index contributed by atoms with van der Waals surface area (Å²) < 4.78 is 6.91. The Morgan fingerprint density at radius 1 is 1.29 bits per heavy atom. The Morgan fingerprint density at radius 3 is 2.71 bits per heavy atom. The first-order valence-electron chi connectivity index (χ1n) is 5.99. The van der Waals surface area contributed by atoms with Gasteiger partial charge >= 0.3 is 0 Å². The highest BCUT2D eigenvalue weighted by Gasteiger charge is 2.12. The van der Waals surface area contributed by atoms with Crippen LogP contribution in [0.2, 0.25) is 5.02 Å². The van der Waals surface area contributed by atoms with E-state index in [2.05, 4.69) is 20.3 Å². The number of nitrogen functional groups attached to an aromatic ring is 1. The van der Waals surface area contributed by atoms with Crippen LogP contribution in [0.1, 0.15) is 5.89 Å². The Labute approximate surface area is 129 Å². The van der Waals surface area contributed by atoms with Gasteiger partial charge in [0.15, 0.2) is 5.16 Å². The molecule has 2 heterocycles. The van der Waals surface area contributed by atoms with Crippen LogP contribution in [0.3, 0.4) is 0 Å². The Balaban J connectivity index is 1.70. The first-order chi connectivity index (χ1) is 10.1. The van der Waals surface area contributed by atoms with E-state index in [1.807, 2.05) is 12.1 Å². The van der Waals surface area contributed by atoms with Gasteiger partial charge in [-0.3, -0.25) is 4.57 Å². The second-order valence-electron chi connectivity index (χ2n) is 4.21. The third-order valence-corrected chi connectivity index (χ3v) is 4.02. The Morgan fingerprint density at radius 2 is 2.05 bits per heavy atom. The normalized spacial score (nSPS) is 11.0. The first kappa shape index (κ1) is 13.9. The van der Waals surface area contributed by atoms with Gasteiger partial charge in [0.25, 0.3) is 0 Å². The van der Waals surface area contributed by atoms with Gasteiger partial charge in [0.1, 0.15) is 0 Å². The van der Waals surface area contributed by atoms with Crippen LogP contribution < -0.4 is 5.73 Å². The number of nitrogens with two attached hydrogens (primary N) is 1. The van der Waals surface area contributed by atoms with Gasteiger partial charge in [-0.15, -0.1) is 10.2 Å². The van der Waals surface area contributed by atoms with Gasteiger partial charge in [0.05, 0.1) is 5.75 Å². The number of thioether (sulfide) groups is 1. The average molecular weight is 323 g/mol. The molecule has 0 fully saturated rings. The molecule has 0 radical (unpaired) electrons. The van der Waals surface area contributed by atoms with Crippen LogP contribution in [-0.4, -0.2) is 24.9 Å². The predicted molar refractivity (Wildman–Crippen MR) is 79.7 cm³/mol. The molecule has 0 aliphatic heterocycles. The van der Waals surface area contributed by atoms with Crippen LogP contribution in [0, 0.1) is 0 Å². The van der Waals surface area contributed by atoms with E-state index in [-0.39, 0.29) is 0 Å². The molecule has 0 aliphatic rings. The molecule has 0 unspecified atom stereocenters. The van der Waals surface area contributed by atoms with Crippen molar-refractivity contribution in [3.63, 3.8) is 0 Å². The van der Waals surface area contributed by atoms with E-state index in [1.54, 1.807) is 23.7 Å². The highest BCUT2D eigenvalue weighted by Crippen LogP contribution is 2.23. The maximum atomic E-state index is 5.85. The summed E-state index contributed by atoms with van der Waals surface area (Å²) >= 11 is 7.27. The van der Waals surface area contributed by atoms with Crippen LogP contribution in [0.5, 0.6) is 0 Å². The van der Waals surface area contributed by atoms with Gasteiger partial charge in [0.2, 0.25) is 17.7 Å². The fourth-order valence-corrected chi connectivity index (χ4v) is 2.49. The summed E-state index contributed by atoms with van der Waals surface area (Å²) in [6.45, 7) is 0. The minimum Gasteiger partial charge on any atom is -0.368 e. The van der Waals surface area contributed by atoms with Crippen molar-refractivity contribution in [1.82, 2.24) is 24.9 Å². The van der Waals surface area contributed by atoms with E-state index in [0.29, 0.717) is 33.6 Å². The minimum absolute atomic E-state index is 0.366. The second kappa shape index (κ2) is 5.74. The van der Waals surface area contributed by atoms with Crippen molar-refractivity contribution in [3.8, 4) is 11.4 Å². The maximum absolute atomic E-state index is 5.85. The Hall–Kier alpha value is -2.06. The van der Waals surface area contributed by atoms with Gasteiger partial charge in [0, 0.05) is 17.6 Å². The van der Waals surface area contributed by atoms with Crippen molar-refractivity contribution in [3.05, 3.63) is 35.2 Å². The van der Waals surface area contributed by atoms with Gasteiger partial charge in [-0.1, -0.05) is 28.5 Å². The summed E-state index contributed by atoms with van der Waals surface area (Å²) in [5, 5.41) is 13.0. The topological polar surface area (TPSA) is 95.7 Å². The third-order valence-electron chi connectivity index (χ3n) is 2.76. The van der Waals surface area contributed by atoms with Crippen molar-refractivity contribution in [2.45, 2.75) is 10.9 Å². The van der Waals surface area contributed by atoms with Gasteiger partial charge in [-0.05, 0) is 24.3 Å². The lowest BCUT2D eigenvalue weighted by atomic mass is 10.2. The van der Waals surface area contributed by atoms with Crippen molar-refractivity contribution < 1.29 is 4.52 Å².